The van der Waals surface area contributed by atoms with Crippen molar-refractivity contribution in [1.82, 2.24) is 19.5 Å². The normalized spacial score (nSPS) is 13.3. The summed E-state index contributed by atoms with van der Waals surface area (Å²) in [7, 11) is 0. The van der Waals surface area contributed by atoms with Gasteiger partial charge < -0.3 is 8.98 Å². The van der Waals surface area contributed by atoms with Gasteiger partial charge in [0.15, 0.2) is 17.5 Å². The average Bonchev–Trinajstić information content (AvgIpc) is 3.79. The molecule has 0 N–H and O–H groups in total. The van der Waals surface area contributed by atoms with Gasteiger partial charge in [0.25, 0.3) is 0 Å². The Morgan fingerprint density at radius 1 is 0.420 bits per heavy atom. The summed E-state index contributed by atoms with van der Waals surface area (Å²) < 4.78 is 60.0. The van der Waals surface area contributed by atoms with Gasteiger partial charge >= 0.3 is 0 Å². The van der Waals surface area contributed by atoms with Crippen molar-refractivity contribution in [3.63, 3.8) is 0 Å². The SMILES string of the molecule is [2H]c1cc([2H])c2c(c1[2H])c1c([2H])cc([2H])c([2H])c1n2-c1ccc2oc3cc(-c4nc(-c5ccccc5)nc(-c5cccc(-c6ccccc6)c5)n4)ccc3c2c1. The largest absolute Gasteiger partial charge is 0.456 e. The van der Waals surface area contributed by atoms with E-state index in [-0.39, 0.29) is 52.5 Å². The quantitative estimate of drug-likeness (QED) is 0.187. The second-order valence-corrected chi connectivity index (χ2v) is 12.0. The van der Waals surface area contributed by atoms with Gasteiger partial charge in [-0.25, -0.2) is 15.0 Å². The minimum atomic E-state index is -0.142. The first-order valence-electron chi connectivity index (χ1n) is 19.2. The minimum Gasteiger partial charge on any atom is -0.456 e. The monoisotopic (exact) mass is 646 g/mol. The predicted molar refractivity (Wildman–Crippen MR) is 203 cm³/mol. The Morgan fingerprint density at radius 2 is 1.06 bits per heavy atom. The van der Waals surface area contributed by atoms with Gasteiger partial charge in [-0.3, -0.25) is 0 Å². The molecule has 0 fully saturated rings. The van der Waals surface area contributed by atoms with Gasteiger partial charge in [-0.1, -0.05) is 121 Å². The van der Waals surface area contributed by atoms with Gasteiger partial charge in [0.2, 0.25) is 0 Å². The molecular weight excluding hydrogens is 613 g/mol. The van der Waals surface area contributed by atoms with E-state index in [0.29, 0.717) is 39.8 Å². The molecule has 0 aliphatic heterocycles. The maximum absolute atomic E-state index is 8.87. The Bertz CT molecular complexity index is 3220. The maximum Gasteiger partial charge on any atom is 0.164 e. The molecule has 5 heteroatoms. The lowest BCUT2D eigenvalue weighted by molar-refractivity contribution is 0.669. The number of hydrogen-bond donors (Lipinski definition) is 0. The lowest BCUT2D eigenvalue weighted by Gasteiger charge is -2.10. The van der Waals surface area contributed by atoms with Gasteiger partial charge in [-0.15, -0.1) is 0 Å². The molecule has 0 amide bonds. The first-order valence-corrected chi connectivity index (χ1v) is 16.2. The second kappa shape index (κ2) is 11.4. The summed E-state index contributed by atoms with van der Waals surface area (Å²) in [5, 5.41) is 2.10. The summed E-state index contributed by atoms with van der Waals surface area (Å²) >= 11 is 0. The first kappa shape index (κ1) is 22.7. The summed E-state index contributed by atoms with van der Waals surface area (Å²) in [5.41, 5.74) is 6.91. The third-order valence-electron chi connectivity index (χ3n) is 8.99. The lowest BCUT2D eigenvalue weighted by Crippen LogP contribution is -2.00. The fourth-order valence-corrected chi connectivity index (χ4v) is 6.64. The van der Waals surface area contributed by atoms with E-state index >= 15 is 0 Å². The summed E-state index contributed by atoms with van der Waals surface area (Å²) in [6.45, 7) is 0. The topological polar surface area (TPSA) is 56.7 Å². The van der Waals surface area contributed by atoms with E-state index in [2.05, 4.69) is 24.3 Å². The highest BCUT2D eigenvalue weighted by Crippen LogP contribution is 2.37. The van der Waals surface area contributed by atoms with Crippen molar-refractivity contribution < 1.29 is 12.6 Å². The van der Waals surface area contributed by atoms with Gasteiger partial charge in [-0.05, 0) is 59.6 Å². The lowest BCUT2D eigenvalue weighted by atomic mass is 10.0. The molecule has 0 spiro atoms. The molecule has 0 bridgehead atoms. The number of rotatable bonds is 5. The summed E-state index contributed by atoms with van der Waals surface area (Å²) in [5.74, 6) is 1.56. The minimum absolute atomic E-state index is 0.0114. The van der Waals surface area contributed by atoms with Crippen molar-refractivity contribution in [3.05, 3.63) is 170 Å². The molecule has 0 radical (unpaired) electrons. The van der Waals surface area contributed by atoms with Crippen LogP contribution in [0.4, 0.5) is 0 Å². The highest BCUT2D eigenvalue weighted by atomic mass is 16.3. The average molecular weight is 647 g/mol. The van der Waals surface area contributed by atoms with Crippen LogP contribution in [0, 0.1) is 0 Å². The van der Waals surface area contributed by atoms with Gasteiger partial charge in [-0.2, -0.15) is 0 Å². The van der Waals surface area contributed by atoms with Crippen LogP contribution in [0.1, 0.15) is 8.22 Å². The van der Waals surface area contributed by atoms with Crippen LogP contribution in [-0.2, 0) is 0 Å². The van der Waals surface area contributed by atoms with E-state index in [1.54, 1.807) is 10.6 Å². The maximum atomic E-state index is 8.87. The van der Waals surface area contributed by atoms with Gasteiger partial charge in [0.05, 0.1) is 19.3 Å². The molecule has 0 aliphatic rings. The van der Waals surface area contributed by atoms with E-state index in [4.69, 9.17) is 27.6 Å². The zero-order valence-corrected chi connectivity index (χ0v) is 26.4. The van der Waals surface area contributed by atoms with E-state index in [1.165, 1.54) is 12.1 Å². The van der Waals surface area contributed by atoms with Crippen molar-refractivity contribution in [1.29, 1.82) is 0 Å². The molecule has 7 aromatic carbocycles. The Labute approximate surface area is 296 Å². The molecule has 50 heavy (non-hydrogen) atoms. The number of para-hydroxylation sites is 2. The summed E-state index contributed by atoms with van der Waals surface area (Å²) in [6.07, 6.45) is 0. The molecule has 5 nitrogen and oxygen atoms in total. The third-order valence-corrected chi connectivity index (χ3v) is 8.99. The van der Waals surface area contributed by atoms with Crippen molar-refractivity contribution in [3.8, 4) is 51.0 Å². The number of fused-ring (bicyclic) bond motifs is 6. The van der Waals surface area contributed by atoms with E-state index in [9.17, 15) is 0 Å². The van der Waals surface area contributed by atoms with Crippen molar-refractivity contribution in [2.75, 3.05) is 0 Å². The molecule has 0 atom stereocenters. The van der Waals surface area contributed by atoms with Gasteiger partial charge in [0, 0.05) is 43.9 Å². The standard InChI is InChI=1S/C45H28N4O/c1-3-12-29(13-4-1)31-16-11-17-32(26-31)44-46-43(30-14-5-2-6-15-30)47-45(48-44)33-22-24-37-38-28-34(23-25-41(38)50-42(37)27-33)49-39-20-9-7-18-35(39)36-19-8-10-21-40(36)49/h1-28H/i7D,10D,18D,19D,20D,21D. The smallest absolute Gasteiger partial charge is 0.164 e. The zero-order chi connectivity index (χ0) is 38.2. The van der Waals surface area contributed by atoms with E-state index < -0.39 is 0 Å². The molecule has 3 heterocycles. The Balaban J connectivity index is 1.14. The Hall–Kier alpha value is -6.85. The van der Waals surface area contributed by atoms with Crippen LogP contribution < -0.4 is 0 Å². The molecule has 10 rings (SSSR count). The number of furan rings is 1. The Morgan fingerprint density at radius 3 is 1.88 bits per heavy atom. The fraction of sp³-hybridized carbons (Fsp3) is 0. The predicted octanol–water partition coefficient (Wildman–Crippen LogP) is 11.5. The molecule has 3 aromatic heterocycles. The third kappa shape index (κ3) is 4.67. The van der Waals surface area contributed by atoms with Gasteiger partial charge in [0.1, 0.15) is 11.2 Å². The number of nitrogens with zero attached hydrogens (tertiary/aromatic N) is 4. The van der Waals surface area contributed by atoms with E-state index in [0.717, 1.165) is 38.6 Å². The molecule has 234 valence electrons. The highest BCUT2D eigenvalue weighted by Gasteiger charge is 2.17. The molecule has 0 saturated heterocycles. The molecule has 10 aromatic rings. The molecule has 0 aliphatic carbocycles. The van der Waals surface area contributed by atoms with Crippen molar-refractivity contribution in [2.24, 2.45) is 0 Å². The van der Waals surface area contributed by atoms with Crippen LogP contribution in [0.15, 0.2) is 174 Å². The first-order chi connectivity index (χ1) is 27.2. The van der Waals surface area contributed by atoms with Crippen LogP contribution in [0.3, 0.4) is 0 Å². The summed E-state index contributed by atoms with van der Waals surface area (Å²) in [6, 6.07) is 41.4. The van der Waals surface area contributed by atoms with Crippen molar-refractivity contribution in [2.45, 2.75) is 0 Å². The zero-order valence-electron chi connectivity index (χ0n) is 32.4. The molecule has 0 unspecified atom stereocenters. The number of aromatic nitrogens is 4. The molecule has 0 saturated carbocycles. The summed E-state index contributed by atoms with van der Waals surface area (Å²) in [4.78, 5) is 14.8. The van der Waals surface area contributed by atoms with E-state index in [1.807, 2.05) is 91.0 Å². The number of benzene rings is 7. The van der Waals surface area contributed by atoms with Crippen LogP contribution in [0.2, 0.25) is 0 Å². The molecular formula is C45H28N4O. The van der Waals surface area contributed by atoms with Crippen LogP contribution in [0.25, 0.3) is 94.7 Å². The number of hydrogen-bond acceptors (Lipinski definition) is 4. The van der Waals surface area contributed by atoms with Crippen molar-refractivity contribution >= 4 is 43.7 Å². The Kier molecular flexibility index (Phi) is 5.17. The van der Waals surface area contributed by atoms with Crippen LogP contribution in [-0.4, -0.2) is 19.5 Å². The van der Waals surface area contributed by atoms with Crippen LogP contribution >= 0.6 is 0 Å². The fourth-order valence-electron chi connectivity index (χ4n) is 6.64. The highest BCUT2D eigenvalue weighted by molar-refractivity contribution is 6.10. The second-order valence-electron chi connectivity index (χ2n) is 12.0. The van der Waals surface area contributed by atoms with Crippen LogP contribution in [0.5, 0.6) is 0 Å².